The minimum Gasteiger partial charge on any atom is -0.487 e. The van der Waals surface area contributed by atoms with Crippen LogP contribution in [0.1, 0.15) is 6.92 Å². The van der Waals surface area contributed by atoms with Gasteiger partial charge in [-0.2, -0.15) is 0 Å². The second-order valence-electron chi connectivity index (χ2n) is 2.57. The van der Waals surface area contributed by atoms with Gasteiger partial charge in [0.25, 0.3) is 0 Å². The van der Waals surface area contributed by atoms with Crippen LogP contribution in [0.5, 0.6) is 5.75 Å². The Hall–Kier alpha value is -1.47. The average Bonchev–Trinajstić information content (AvgIpc) is 2.18. The quantitative estimate of drug-likeness (QED) is 0.482. The summed E-state index contributed by atoms with van der Waals surface area (Å²) in [5, 5.41) is 10.6. The van der Waals surface area contributed by atoms with Crippen LogP contribution in [0, 0.1) is 10.1 Å². The Kier molecular flexibility index (Phi) is 3.75. The van der Waals surface area contributed by atoms with Gasteiger partial charge >= 0.3 is 5.69 Å². The Labute approximate surface area is 88.3 Å². The monoisotopic (exact) mass is 231 g/mol. The van der Waals surface area contributed by atoms with Crippen LogP contribution in [0.15, 0.2) is 23.1 Å². The maximum atomic E-state index is 10.7. The fourth-order valence-electron chi connectivity index (χ4n) is 1.03. The van der Waals surface area contributed by atoms with Crippen LogP contribution >= 0.6 is 0 Å². The van der Waals surface area contributed by atoms with Gasteiger partial charge in [-0.3, -0.25) is 10.1 Å². The van der Waals surface area contributed by atoms with Crippen molar-refractivity contribution in [3.8, 4) is 5.75 Å². The minimum atomic E-state index is -2.23. The molecule has 15 heavy (non-hydrogen) atoms. The first-order valence-electron chi connectivity index (χ1n) is 4.08. The fourth-order valence-corrected chi connectivity index (χ4v) is 1.42. The number of hydrogen-bond donors (Lipinski definition) is 1. The second kappa shape index (κ2) is 4.85. The summed E-state index contributed by atoms with van der Waals surface area (Å²) >= 11 is -2.23. The SMILES string of the molecule is CCOc1ccc(S(=O)O)cc1[N+](=O)[O-]. The molecule has 7 heteroatoms. The summed E-state index contributed by atoms with van der Waals surface area (Å²) in [5.74, 6) is 0.0942. The Morgan fingerprint density at radius 1 is 1.60 bits per heavy atom. The van der Waals surface area contributed by atoms with Crippen molar-refractivity contribution in [2.45, 2.75) is 11.8 Å². The van der Waals surface area contributed by atoms with Crippen LogP contribution in [0.4, 0.5) is 5.69 Å². The van der Waals surface area contributed by atoms with E-state index in [2.05, 4.69) is 0 Å². The summed E-state index contributed by atoms with van der Waals surface area (Å²) in [6, 6.07) is 3.65. The summed E-state index contributed by atoms with van der Waals surface area (Å²) in [5.41, 5.74) is -0.309. The third-order valence-corrected chi connectivity index (χ3v) is 2.29. The zero-order chi connectivity index (χ0) is 11.4. The minimum absolute atomic E-state index is 0.0230. The normalized spacial score (nSPS) is 12.1. The molecule has 1 N–H and O–H groups in total. The van der Waals surface area contributed by atoms with Gasteiger partial charge in [-0.1, -0.05) is 0 Å². The lowest BCUT2D eigenvalue weighted by Gasteiger charge is -2.04. The molecule has 0 fully saturated rings. The number of nitro groups is 1. The third-order valence-electron chi connectivity index (χ3n) is 1.63. The van der Waals surface area contributed by atoms with E-state index >= 15 is 0 Å². The number of ether oxygens (including phenoxy) is 1. The molecule has 1 unspecified atom stereocenters. The Morgan fingerprint density at radius 3 is 2.73 bits per heavy atom. The summed E-state index contributed by atoms with van der Waals surface area (Å²) in [4.78, 5) is 9.94. The van der Waals surface area contributed by atoms with Crippen molar-refractivity contribution in [2.75, 3.05) is 6.61 Å². The van der Waals surface area contributed by atoms with E-state index in [9.17, 15) is 14.3 Å². The molecular formula is C8H9NO5S. The maximum Gasteiger partial charge on any atom is 0.312 e. The van der Waals surface area contributed by atoms with Gasteiger partial charge in [0, 0.05) is 6.07 Å². The van der Waals surface area contributed by atoms with E-state index in [1.807, 2.05) is 0 Å². The van der Waals surface area contributed by atoms with Crippen LogP contribution in [-0.4, -0.2) is 20.3 Å². The van der Waals surface area contributed by atoms with E-state index < -0.39 is 16.0 Å². The fraction of sp³-hybridized carbons (Fsp3) is 0.250. The van der Waals surface area contributed by atoms with Crippen LogP contribution in [0.25, 0.3) is 0 Å². The average molecular weight is 231 g/mol. The van der Waals surface area contributed by atoms with Crippen molar-refractivity contribution in [1.82, 2.24) is 0 Å². The van der Waals surface area contributed by atoms with Gasteiger partial charge in [0.1, 0.15) is 0 Å². The molecule has 0 aliphatic heterocycles. The third kappa shape index (κ3) is 2.74. The molecule has 0 radical (unpaired) electrons. The molecule has 1 rings (SSSR count). The molecule has 1 aromatic carbocycles. The highest BCUT2D eigenvalue weighted by Gasteiger charge is 2.17. The molecule has 0 heterocycles. The zero-order valence-corrected chi connectivity index (χ0v) is 8.69. The lowest BCUT2D eigenvalue weighted by molar-refractivity contribution is -0.386. The molecule has 0 amide bonds. The smallest absolute Gasteiger partial charge is 0.312 e. The summed E-state index contributed by atoms with van der Waals surface area (Å²) in [6.07, 6.45) is 0. The first kappa shape index (κ1) is 11.6. The highest BCUT2D eigenvalue weighted by molar-refractivity contribution is 7.79. The van der Waals surface area contributed by atoms with Crippen LogP contribution in [-0.2, 0) is 11.1 Å². The van der Waals surface area contributed by atoms with Gasteiger partial charge in [0.2, 0.25) is 0 Å². The Bertz CT molecular complexity index is 406. The number of nitro benzene ring substituents is 1. The topological polar surface area (TPSA) is 89.7 Å². The molecule has 0 aliphatic rings. The number of nitrogens with zero attached hydrogens (tertiary/aromatic N) is 1. The number of benzene rings is 1. The predicted octanol–water partition coefficient (Wildman–Crippen LogP) is 1.57. The number of hydrogen-bond acceptors (Lipinski definition) is 4. The molecule has 0 bridgehead atoms. The Balaban J connectivity index is 3.20. The van der Waals surface area contributed by atoms with E-state index in [-0.39, 0.29) is 16.3 Å². The maximum absolute atomic E-state index is 10.7. The lowest BCUT2D eigenvalue weighted by Crippen LogP contribution is -1.99. The largest absolute Gasteiger partial charge is 0.487 e. The van der Waals surface area contributed by atoms with E-state index in [4.69, 9.17) is 9.29 Å². The highest BCUT2D eigenvalue weighted by atomic mass is 32.2. The molecule has 82 valence electrons. The number of rotatable bonds is 4. The molecule has 0 aromatic heterocycles. The van der Waals surface area contributed by atoms with E-state index in [0.717, 1.165) is 6.07 Å². The molecule has 0 saturated carbocycles. The summed E-state index contributed by atoms with van der Waals surface area (Å²) in [7, 11) is 0. The first-order chi connectivity index (χ1) is 7.06. The van der Waals surface area contributed by atoms with Gasteiger partial charge in [-0.25, -0.2) is 4.21 Å². The molecule has 6 nitrogen and oxygen atoms in total. The van der Waals surface area contributed by atoms with Gasteiger partial charge in [-0.05, 0) is 19.1 Å². The van der Waals surface area contributed by atoms with E-state index in [1.54, 1.807) is 6.92 Å². The lowest BCUT2D eigenvalue weighted by atomic mass is 10.3. The van der Waals surface area contributed by atoms with Crippen LogP contribution in [0.2, 0.25) is 0 Å². The standard InChI is InChI=1S/C8H9NO5S/c1-2-14-8-4-3-6(15(12)13)5-7(8)9(10)11/h3-5H,2H2,1H3,(H,12,13). The van der Waals surface area contributed by atoms with Crippen molar-refractivity contribution in [2.24, 2.45) is 0 Å². The Morgan fingerprint density at radius 2 is 2.27 bits per heavy atom. The molecule has 0 spiro atoms. The molecule has 0 aliphatic carbocycles. The van der Waals surface area contributed by atoms with Crippen molar-refractivity contribution in [3.05, 3.63) is 28.3 Å². The van der Waals surface area contributed by atoms with Gasteiger partial charge < -0.3 is 9.29 Å². The van der Waals surface area contributed by atoms with E-state index in [0.29, 0.717) is 6.61 Å². The molecule has 1 atom stereocenters. The summed E-state index contributed by atoms with van der Waals surface area (Å²) < 4.78 is 24.5. The van der Waals surface area contributed by atoms with Crippen molar-refractivity contribution >= 4 is 16.8 Å². The van der Waals surface area contributed by atoms with Crippen molar-refractivity contribution in [1.29, 1.82) is 0 Å². The van der Waals surface area contributed by atoms with Crippen molar-refractivity contribution < 1.29 is 18.4 Å². The predicted molar refractivity (Wildman–Crippen MR) is 53.3 cm³/mol. The zero-order valence-electron chi connectivity index (χ0n) is 7.87. The molecular weight excluding hydrogens is 222 g/mol. The highest BCUT2D eigenvalue weighted by Crippen LogP contribution is 2.28. The van der Waals surface area contributed by atoms with Gasteiger partial charge in [-0.15, -0.1) is 0 Å². The van der Waals surface area contributed by atoms with Gasteiger partial charge in [0.15, 0.2) is 16.8 Å². The molecule has 0 saturated heterocycles. The van der Waals surface area contributed by atoms with Crippen LogP contribution < -0.4 is 4.74 Å². The van der Waals surface area contributed by atoms with Gasteiger partial charge in [0.05, 0.1) is 16.4 Å². The first-order valence-corrected chi connectivity index (χ1v) is 5.19. The van der Waals surface area contributed by atoms with Crippen molar-refractivity contribution in [3.63, 3.8) is 0 Å². The van der Waals surface area contributed by atoms with E-state index in [1.165, 1.54) is 12.1 Å². The molecule has 1 aromatic rings. The summed E-state index contributed by atoms with van der Waals surface area (Å²) in [6.45, 7) is 1.99. The van der Waals surface area contributed by atoms with Crippen LogP contribution in [0.3, 0.4) is 0 Å². The second-order valence-corrected chi connectivity index (χ2v) is 3.54.